The minimum absolute atomic E-state index is 0.0519. The first kappa shape index (κ1) is 12.7. The summed E-state index contributed by atoms with van der Waals surface area (Å²) in [7, 11) is -3.42. The fourth-order valence-corrected chi connectivity index (χ4v) is 5.65. The van der Waals surface area contributed by atoms with E-state index in [4.69, 9.17) is 0 Å². The van der Waals surface area contributed by atoms with E-state index in [1.807, 2.05) is 0 Å². The van der Waals surface area contributed by atoms with Crippen LogP contribution in [0.1, 0.15) is 31.2 Å². The van der Waals surface area contributed by atoms with Crippen LogP contribution in [-0.2, 0) is 14.6 Å². The average Bonchev–Trinajstić information content (AvgIpc) is 2.74. The maximum atomic E-state index is 12.6. The maximum absolute atomic E-state index is 12.6. The van der Waals surface area contributed by atoms with E-state index in [1.165, 1.54) is 0 Å². The second-order valence-corrected chi connectivity index (χ2v) is 7.58. The number of nitrogens with one attached hydrogen (secondary N) is 1. The summed E-state index contributed by atoms with van der Waals surface area (Å²) in [5.41, 5.74) is 0.422. The summed E-state index contributed by atoms with van der Waals surface area (Å²) in [4.78, 5) is 12.7. The van der Waals surface area contributed by atoms with Gasteiger partial charge in [0.2, 0.25) is 5.91 Å². The fourth-order valence-electron chi connectivity index (χ4n) is 3.34. The third-order valence-electron chi connectivity index (χ3n) is 4.28. The normalized spacial score (nSPS) is 23.7. The van der Waals surface area contributed by atoms with Crippen molar-refractivity contribution in [2.45, 2.75) is 37.5 Å². The van der Waals surface area contributed by atoms with E-state index in [-0.39, 0.29) is 11.7 Å². The number of hydrogen-bond acceptors (Lipinski definition) is 3. The van der Waals surface area contributed by atoms with Gasteiger partial charge in [0.05, 0.1) is 21.8 Å². The Bertz CT molecular complexity index is 643. The molecule has 1 amide bonds. The van der Waals surface area contributed by atoms with Gasteiger partial charge in [-0.05, 0) is 31.4 Å². The molecular weight excluding hydrogens is 262 g/mol. The Kier molecular flexibility index (Phi) is 2.71. The van der Waals surface area contributed by atoms with Gasteiger partial charge in [-0.25, -0.2) is 8.42 Å². The van der Waals surface area contributed by atoms with Gasteiger partial charge in [0, 0.05) is 0 Å². The first-order chi connectivity index (χ1) is 8.95. The second-order valence-electron chi connectivity index (χ2n) is 5.65. The Hall–Kier alpha value is -1.36. The molecule has 1 aliphatic heterocycles. The number of carbonyl (C=O) groups excluding carboxylic acids is 1. The molecule has 0 aromatic heterocycles. The van der Waals surface area contributed by atoms with E-state index in [1.54, 1.807) is 25.1 Å². The van der Waals surface area contributed by atoms with Gasteiger partial charge in [-0.1, -0.05) is 25.0 Å². The Morgan fingerprint density at radius 3 is 2.58 bits per heavy atom. The van der Waals surface area contributed by atoms with E-state index in [0.29, 0.717) is 29.0 Å². The van der Waals surface area contributed by atoms with Crippen LogP contribution in [0.4, 0.5) is 5.69 Å². The predicted molar refractivity (Wildman–Crippen MR) is 72.8 cm³/mol. The van der Waals surface area contributed by atoms with E-state index >= 15 is 0 Å². The van der Waals surface area contributed by atoms with Crippen molar-refractivity contribution in [3.8, 4) is 0 Å². The Labute approximate surface area is 113 Å². The summed E-state index contributed by atoms with van der Waals surface area (Å²) in [6.07, 6.45) is 3.20. The molecular formula is C14H17NO3S. The third-order valence-corrected chi connectivity index (χ3v) is 6.38. The predicted octanol–water partition coefficient (Wildman–Crippen LogP) is 2.28. The molecule has 3 rings (SSSR count). The Balaban J connectivity index is 2.20. The van der Waals surface area contributed by atoms with Gasteiger partial charge in [0.1, 0.15) is 0 Å². The van der Waals surface area contributed by atoms with Crippen LogP contribution in [0, 0.1) is 12.3 Å². The zero-order chi connectivity index (χ0) is 13.7. The highest BCUT2D eigenvalue weighted by molar-refractivity contribution is 7.91. The SMILES string of the molecule is Cc1cccc2c1S(=O)(=O)CC1(CCCC1)C(=O)N2. The average molecular weight is 279 g/mol. The van der Waals surface area contributed by atoms with Crippen LogP contribution in [-0.4, -0.2) is 20.1 Å². The van der Waals surface area contributed by atoms with Gasteiger partial charge >= 0.3 is 0 Å². The smallest absolute Gasteiger partial charge is 0.231 e. The lowest BCUT2D eigenvalue weighted by Crippen LogP contribution is -2.37. The molecule has 0 bridgehead atoms. The van der Waals surface area contributed by atoms with Gasteiger partial charge in [0.25, 0.3) is 0 Å². The van der Waals surface area contributed by atoms with Crippen molar-refractivity contribution in [3.05, 3.63) is 23.8 Å². The van der Waals surface area contributed by atoms with Crippen LogP contribution in [0.5, 0.6) is 0 Å². The number of rotatable bonds is 0. The quantitative estimate of drug-likeness (QED) is 0.792. The second kappa shape index (κ2) is 4.07. The van der Waals surface area contributed by atoms with Crippen LogP contribution in [0.2, 0.25) is 0 Å². The largest absolute Gasteiger partial charge is 0.324 e. The van der Waals surface area contributed by atoms with Crippen molar-refractivity contribution < 1.29 is 13.2 Å². The minimum Gasteiger partial charge on any atom is -0.324 e. The van der Waals surface area contributed by atoms with Crippen molar-refractivity contribution in [2.75, 3.05) is 11.1 Å². The molecule has 0 radical (unpaired) electrons. The van der Waals surface area contributed by atoms with E-state index < -0.39 is 15.3 Å². The number of hydrogen-bond donors (Lipinski definition) is 1. The molecule has 1 aromatic rings. The highest BCUT2D eigenvalue weighted by atomic mass is 32.2. The summed E-state index contributed by atoms with van der Waals surface area (Å²) in [6.45, 7) is 1.77. The van der Waals surface area contributed by atoms with Crippen molar-refractivity contribution in [3.63, 3.8) is 0 Å². The van der Waals surface area contributed by atoms with Gasteiger partial charge in [0.15, 0.2) is 9.84 Å². The molecule has 1 saturated carbocycles. The van der Waals surface area contributed by atoms with Crippen molar-refractivity contribution >= 4 is 21.4 Å². The number of amides is 1. The minimum atomic E-state index is -3.42. The van der Waals surface area contributed by atoms with Crippen LogP contribution in [0.3, 0.4) is 0 Å². The number of carbonyl (C=O) groups is 1. The summed E-state index contributed by atoms with van der Waals surface area (Å²) in [6, 6.07) is 5.22. The van der Waals surface area contributed by atoms with Crippen molar-refractivity contribution in [1.29, 1.82) is 0 Å². The number of anilines is 1. The molecule has 1 heterocycles. The first-order valence-corrected chi connectivity index (χ1v) is 8.24. The molecule has 2 aliphatic rings. The van der Waals surface area contributed by atoms with Gasteiger partial charge in [-0.3, -0.25) is 4.79 Å². The molecule has 4 nitrogen and oxygen atoms in total. The maximum Gasteiger partial charge on any atom is 0.231 e. The van der Waals surface area contributed by atoms with Gasteiger partial charge in [-0.15, -0.1) is 0 Å². The lowest BCUT2D eigenvalue weighted by atomic mass is 9.87. The number of sulfone groups is 1. The Morgan fingerprint density at radius 2 is 1.89 bits per heavy atom. The highest BCUT2D eigenvalue weighted by Gasteiger charge is 2.47. The molecule has 1 aliphatic carbocycles. The summed E-state index contributed by atoms with van der Waals surface area (Å²) in [5, 5.41) is 2.83. The standard InChI is InChI=1S/C14H17NO3S/c1-10-5-4-6-11-12(10)19(17,18)9-14(13(16)15-11)7-2-3-8-14/h4-6H,2-3,7-9H2,1H3,(H,15,16). The summed E-state index contributed by atoms with van der Waals surface area (Å²) in [5.74, 6) is -0.179. The van der Waals surface area contributed by atoms with Gasteiger partial charge in [-0.2, -0.15) is 0 Å². The summed E-state index contributed by atoms with van der Waals surface area (Å²) >= 11 is 0. The van der Waals surface area contributed by atoms with Crippen molar-refractivity contribution in [2.24, 2.45) is 5.41 Å². The van der Waals surface area contributed by atoms with E-state index in [0.717, 1.165) is 12.8 Å². The molecule has 19 heavy (non-hydrogen) atoms. The third kappa shape index (κ3) is 1.87. The molecule has 102 valence electrons. The molecule has 1 N–H and O–H groups in total. The van der Waals surface area contributed by atoms with Crippen LogP contribution in [0.25, 0.3) is 0 Å². The molecule has 0 saturated heterocycles. The molecule has 0 atom stereocenters. The number of fused-ring (bicyclic) bond motifs is 1. The van der Waals surface area contributed by atoms with E-state index in [9.17, 15) is 13.2 Å². The molecule has 1 aromatic carbocycles. The molecule has 5 heteroatoms. The topological polar surface area (TPSA) is 63.2 Å². The number of benzene rings is 1. The lowest BCUT2D eigenvalue weighted by Gasteiger charge is -2.24. The Morgan fingerprint density at radius 1 is 1.21 bits per heavy atom. The highest BCUT2D eigenvalue weighted by Crippen LogP contribution is 2.44. The fraction of sp³-hybridized carbons (Fsp3) is 0.500. The van der Waals surface area contributed by atoms with Gasteiger partial charge < -0.3 is 5.32 Å². The van der Waals surface area contributed by atoms with Crippen LogP contribution < -0.4 is 5.32 Å². The molecule has 1 fully saturated rings. The van der Waals surface area contributed by atoms with E-state index in [2.05, 4.69) is 5.32 Å². The number of aryl methyl sites for hydroxylation is 1. The van der Waals surface area contributed by atoms with Crippen molar-refractivity contribution in [1.82, 2.24) is 0 Å². The van der Waals surface area contributed by atoms with Crippen LogP contribution >= 0.6 is 0 Å². The monoisotopic (exact) mass is 279 g/mol. The van der Waals surface area contributed by atoms with Crippen LogP contribution in [0.15, 0.2) is 23.1 Å². The zero-order valence-electron chi connectivity index (χ0n) is 10.9. The summed E-state index contributed by atoms with van der Waals surface area (Å²) < 4.78 is 25.3. The zero-order valence-corrected chi connectivity index (χ0v) is 11.7. The first-order valence-electron chi connectivity index (χ1n) is 6.58. The lowest BCUT2D eigenvalue weighted by molar-refractivity contribution is -0.124. The molecule has 1 spiro atoms. The molecule has 0 unspecified atom stereocenters.